The van der Waals surface area contributed by atoms with Gasteiger partial charge in [0.15, 0.2) is 5.78 Å². The molecular formula is C31H22BrN3O4. The van der Waals surface area contributed by atoms with Crippen LogP contribution in [0.25, 0.3) is 6.08 Å². The highest BCUT2D eigenvalue weighted by atomic mass is 79.9. The van der Waals surface area contributed by atoms with Crippen molar-refractivity contribution in [1.29, 1.82) is 5.26 Å². The first-order valence-corrected chi connectivity index (χ1v) is 12.7. The molecular weight excluding hydrogens is 558 g/mol. The molecule has 0 saturated heterocycles. The van der Waals surface area contributed by atoms with Crippen molar-refractivity contribution in [3.8, 4) is 6.07 Å². The molecule has 4 rings (SSSR count). The maximum atomic E-state index is 13.0. The second kappa shape index (κ2) is 13.1. The van der Waals surface area contributed by atoms with E-state index in [0.29, 0.717) is 27.0 Å². The van der Waals surface area contributed by atoms with Gasteiger partial charge in [0.25, 0.3) is 5.91 Å². The summed E-state index contributed by atoms with van der Waals surface area (Å²) in [5.74, 6) is -1.40. The number of hydrogen-bond donors (Lipinski definition) is 1. The second-order valence-corrected chi connectivity index (χ2v) is 9.18. The molecule has 0 fully saturated rings. The molecule has 0 bridgehead atoms. The Balaban J connectivity index is 1.46. The number of pyridine rings is 1. The third kappa shape index (κ3) is 7.34. The second-order valence-electron chi connectivity index (χ2n) is 8.36. The van der Waals surface area contributed by atoms with Crippen molar-refractivity contribution < 1.29 is 19.1 Å². The predicted octanol–water partition coefficient (Wildman–Crippen LogP) is 5.70. The van der Waals surface area contributed by atoms with Crippen LogP contribution in [0.15, 0.2) is 113 Å². The molecule has 3 aromatic carbocycles. The van der Waals surface area contributed by atoms with Crippen molar-refractivity contribution in [1.82, 2.24) is 10.3 Å². The van der Waals surface area contributed by atoms with E-state index in [9.17, 15) is 19.6 Å². The molecule has 0 aliphatic carbocycles. The molecule has 0 unspecified atom stereocenters. The number of carbonyl (C=O) groups excluding carboxylic acids is 3. The molecule has 1 atom stereocenters. The number of nitrogens with zero attached hydrogens (tertiary/aromatic N) is 2. The fourth-order valence-electron chi connectivity index (χ4n) is 3.70. The third-order valence-corrected chi connectivity index (χ3v) is 6.14. The fraction of sp³-hybridized carbons (Fsp3) is 0.0645. The molecule has 1 amide bonds. The summed E-state index contributed by atoms with van der Waals surface area (Å²) in [5.41, 5.74) is 2.24. The van der Waals surface area contributed by atoms with Crippen molar-refractivity contribution in [3.63, 3.8) is 0 Å². The fourth-order valence-corrected chi connectivity index (χ4v) is 4.06. The maximum Gasteiger partial charge on any atom is 0.338 e. The van der Waals surface area contributed by atoms with Gasteiger partial charge in [-0.3, -0.25) is 9.59 Å². The topological polar surface area (TPSA) is 109 Å². The summed E-state index contributed by atoms with van der Waals surface area (Å²) in [7, 11) is 0. The minimum atomic E-state index is -0.714. The maximum absolute atomic E-state index is 13.0. The Bertz CT molecular complexity index is 1550. The standard InChI is InChI=1S/C31H22BrN3O4/c32-28-13-7-12-26(34-28)18-25(19-33)30(37)35-27(21-8-3-1-4-9-21)20-39-31(38)24-16-14-23(15-17-24)29(36)22-10-5-2-6-11-22/h1-18,27H,20H2,(H,35,37)/b25-18+/t27-/m0/s1. The van der Waals surface area contributed by atoms with Gasteiger partial charge in [-0.1, -0.05) is 78.9 Å². The van der Waals surface area contributed by atoms with Gasteiger partial charge in [0.05, 0.1) is 17.3 Å². The lowest BCUT2D eigenvalue weighted by molar-refractivity contribution is -0.118. The molecule has 1 aromatic heterocycles. The Morgan fingerprint density at radius 2 is 1.46 bits per heavy atom. The summed E-state index contributed by atoms with van der Waals surface area (Å²) in [5, 5.41) is 12.4. The van der Waals surface area contributed by atoms with Crippen LogP contribution in [0.5, 0.6) is 0 Å². The minimum absolute atomic E-state index is 0.147. The summed E-state index contributed by atoms with van der Waals surface area (Å²) in [4.78, 5) is 42.6. The third-order valence-electron chi connectivity index (χ3n) is 5.70. The molecule has 8 heteroatoms. The first kappa shape index (κ1) is 27.2. The first-order chi connectivity index (χ1) is 18.9. The van der Waals surface area contributed by atoms with Crippen LogP contribution in [-0.2, 0) is 9.53 Å². The number of ketones is 1. The zero-order valence-electron chi connectivity index (χ0n) is 20.6. The number of nitriles is 1. The van der Waals surface area contributed by atoms with E-state index in [1.54, 1.807) is 78.9 Å². The molecule has 0 spiro atoms. The number of rotatable bonds is 9. The predicted molar refractivity (Wildman–Crippen MR) is 149 cm³/mol. The van der Waals surface area contributed by atoms with E-state index in [2.05, 4.69) is 26.2 Å². The van der Waals surface area contributed by atoms with Crippen molar-refractivity contribution in [2.75, 3.05) is 6.61 Å². The Morgan fingerprint density at radius 1 is 0.846 bits per heavy atom. The van der Waals surface area contributed by atoms with Crippen molar-refractivity contribution in [2.45, 2.75) is 6.04 Å². The van der Waals surface area contributed by atoms with Crippen LogP contribution in [0.3, 0.4) is 0 Å². The van der Waals surface area contributed by atoms with Crippen LogP contribution in [0, 0.1) is 11.3 Å². The number of nitrogens with one attached hydrogen (secondary N) is 1. The molecule has 1 heterocycles. The van der Waals surface area contributed by atoms with E-state index in [1.807, 2.05) is 18.2 Å². The zero-order chi connectivity index (χ0) is 27.6. The summed E-state index contributed by atoms with van der Waals surface area (Å²) in [6.45, 7) is -0.173. The number of aromatic nitrogens is 1. The number of hydrogen-bond acceptors (Lipinski definition) is 6. The Morgan fingerprint density at radius 3 is 2.10 bits per heavy atom. The van der Waals surface area contributed by atoms with Gasteiger partial charge in [-0.05, 0) is 51.8 Å². The van der Waals surface area contributed by atoms with E-state index in [-0.39, 0.29) is 23.5 Å². The van der Waals surface area contributed by atoms with Gasteiger partial charge < -0.3 is 10.1 Å². The van der Waals surface area contributed by atoms with Crippen molar-refractivity contribution >= 4 is 39.7 Å². The number of amides is 1. The average Bonchev–Trinajstić information content (AvgIpc) is 2.98. The molecule has 0 saturated carbocycles. The summed E-state index contributed by atoms with van der Waals surface area (Å²) in [6.07, 6.45) is 1.38. The number of halogens is 1. The van der Waals surface area contributed by atoms with Crippen LogP contribution in [0.4, 0.5) is 0 Å². The Hall–Kier alpha value is -4.87. The SMILES string of the molecule is N#C/C(=C\c1cccc(Br)n1)C(=O)N[C@@H](COC(=O)c1ccc(C(=O)c2ccccc2)cc1)c1ccccc1. The molecule has 0 radical (unpaired) electrons. The van der Waals surface area contributed by atoms with Crippen LogP contribution < -0.4 is 5.32 Å². The number of esters is 1. The van der Waals surface area contributed by atoms with Crippen LogP contribution in [0.1, 0.15) is 43.6 Å². The lowest BCUT2D eigenvalue weighted by atomic mass is 10.0. The molecule has 192 valence electrons. The van der Waals surface area contributed by atoms with Crippen LogP contribution in [-0.4, -0.2) is 29.3 Å². The molecule has 1 N–H and O–H groups in total. The van der Waals surface area contributed by atoms with Gasteiger partial charge in [-0.15, -0.1) is 0 Å². The molecule has 4 aromatic rings. The van der Waals surface area contributed by atoms with E-state index in [4.69, 9.17) is 4.74 Å². The summed E-state index contributed by atoms with van der Waals surface area (Å²) < 4.78 is 6.09. The Labute approximate surface area is 233 Å². The molecule has 0 aliphatic heterocycles. The smallest absolute Gasteiger partial charge is 0.338 e. The highest BCUT2D eigenvalue weighted by Gasteiger charge is 2.20. The van der Waals surface area contributed by atoms with E-state index < -0.39 is 17.9 Å². The highest BCUT2D eigenvalue weighted by Crippen LogP contribution is 2.17. The van der Waals surface area contributed by atoms with Crippen LogP contribution in [0.2, 0.25) is 0 Å². The van der Waals surface area contributed by atoms with Crippen LogP contribution >= 0.6 is 15.9 Å². The van der Waals surface area contributed by atoms with Crippen molar-refractivity contribution in [2.24, 2.45) is 0 Å². The zero-order valence-corrected chi connectivity index (χ0v) is 22.2. The van der Waals surface area contributed by atoms with Gasteiger partial charge in [-0.2, -0.15) is 5.26 Å². The van der Waals surface area contributed by atoms with Gasteiger partial charge >= 0.3 is 5.97 Å². The molecule has 39 heavy (non-hydrogen) atoms. The largest absolute Gasteiger partial charge is 0.460 e. The quantitative estimate of drug-likeness (QED) is 0.0895. The highest BCUT2D eigenvalue weighted by molar-refractivity contribution is 9.10. The minimum Gasteiger partial charge on any atom is -0.460 e. The molecule has 0 aliphatic rings. The Kier molecular flexibility index (Phi) is 9.11. The van der Waals surface area contributed by atoms with E-state index in [0.717, 1.165) is 0 Å². The van der Waals surface area contributed by atoms with Gasteiger partial charge in [0, 0.05) is 11.1 Å². The average molecular weight is 580 g/mol. The number of benzene rings is 3. The summed E-state index contributed by atoms with van der Waals surface area (Å²) in [6, 6.07) is 30.4. The first-order valence-electron chi connectivity index (χ1n) is 11.9. The summed E-state index contributed by atoms with van der Waals surface area (Å²) >= 11 is 3.27. The monoisotopic (exact) mass is 579 g/mol. The lowest BCUT2D eigenvalue weighted by Crippen LogP contribution is -2.33. The van der Waals surface area contributed by atoms with Gasteiger partial charge in [-0.25, -0.2) is 9.78 Å². The normalized spacial score (nSPS) is 11.6. The van der Waals surface area contributed by atoms with Gasteiger partial charge in [0.2, 0.25) is 0 Å². The lowest BCUT2D eigenvalue weighted by Gasteiger charge is -2.19. The van der Waals surface area contributed by atoms with E-state index in [1.165, 1.54) is 18.2 Å². The molecule has 7 nitrogen and oxygen atoms in total. The van der Waals surface area contributed by atoms with E-state index >= 15 is 0 Å². The number of ether oxygens (including phenoxy) is 1. The van der Waals surface area contributed by atoms with Gasteiger partial charge in [0.1, 0.15) is 22.9 Å². The number of carbonyl (C=O) groups is 3. The van der Waals surface area contributed by atoms with Crippen molar-refractivity contribution in [3.05, 3.63) is 141 Å².